The van der Waals surface area contributed by atoms with Crippen LogP contribution >= 0.6 is 0 Å². The van der Waals surface area contributed by atoms with Gasteiger partial charge in [-0.2, -0.15) is 5.10 Å². The zero-order valence-electron chi connectivity index (χ0n) is 13.0. The Balaban J connectivity index is 2.22. The Morgan fingerprint density at radius 2 is 2.00 bits per heavy atom. The third-order valence-electron chi connectivity index (χ3n) is 4.90. The highest BCUT2D eigenvalue weighted by Gasteiger charge is 2.41. The van der Waals surface area contributed by atoms with E-state index in [1.54, 1.807) is 6.33 Å². The maximum absolute atomic E-state index is 5.91. The molecule has 0 bridgehead atoms. The van der Waals surface area contributed by atoms with E-state index in [2.05, 4.69) is 34.5 Å². The minimum absolute atomic E-state index is 0.108. The number of hydrogen-bond acceptors (Lipinski definition) is 5. The van der Waals surface area contributed by atoms with E-state index in [1.807, 2.05) is 11.7 Å². The average molecular weight is 280 g/mol. The van der Waals surface area contributed by atoms with Gasteiger partial charge >= 0.3 is 0 Å². The highest BCUT2D eigenvalue weighted by molar-refractivity contribution is 5.03. The Labute approximate surface area is 121 Å². The third kappa shape index (κ3) is 3.02. The van der Waals surface area contributed by atoms with Gasteiger partial charge in [0, 0.05) is 25.0 Å². The predicted molar refractivity (Wildman–Crippen MR) is 79.9 cm³/mol. The molecule has 0 amide bonds. The van der Waals surface area contributed by atoms with Crippen LogP contribution < -0.4 is 11.3 Å². The fourth-order valence-corrected chi connectivity index (χ4v) is 3.54. The molecule has 1 aromatic heterocycles. The summed E-state index contributed by atoms with van der Waals surface area (Å²) >= 11 is 0. The Morgan fingerprint density at radius 3 is 2.45 bits per heavy atom. The molecular formula is C14H28N6. The second kappa shape index (κ2) is 6.65. The molecule has 2 rings (SSSR count). The summed E-state index contributed by atoms with van der Waals surface area (Å²) in [5.41, 5.74) is 3.17. The normalized spacial score (nSPS) is 20.9. The first-order chi connectivity index (χ1) is 9.60. The van der Waals surface area contributed by atoms with Gasteiger partial charge in [-0.3, -0.25) is 16.0 Å². The van der Waals surface area contributed by atoms with Gasteiger partial charge in [0.2, 0.25) is 0 Å². The molecule has 114 valence electrons. The Morgan fingerprint density at radius 1 is 1.35 bits per heavy atom. The topological polar surface area (TPSA) is 72.0 Å². The number of likely N-dealkylation sites (N-methyl/N-ethyl adjacent to an activating group) is 1. The lowest BCUT2D eigenvalue weighted by Gasteiger charge is -2.45. The molecule has 1 aliphatic carbocycles. The fraction of sp³-hybridized carbons (Fsp3) is 0.857. The molecule has 3 N–H and O–H groups in total. The van der Waals surface area contributed by atoms with Gasteiger partial charge in [-0.15, -0.1) is 0 Å². The van der Waals surface area contributed by atoms with Crippen molar-refractivity contribution in [3.63, 3.8) is 0 Å². The maximum Gasteiger partial charge on any atom is 0.138 e. The number of nitrogens with one attached hydrogen (secondary N) is 1. The molecule has 0 spiro atoms. The molecule has 1 aromatic rings. The smallest absolute Gasteiger partial charge is 0.138 e. The average Bonchev–Trinajstić information content (AvgIpc) is 2.68. The molecule has 1 unspecified atom stereocenters. The number of aromatic nitrogens is 3. The van der Waals surface area contributed by atoms with Gasteiger partial charge in [-0.25, -0.2) is 4.98 Å². The van der Waals surface area contributed by atoms with Crippen LogP contribution in [0, 0.1) is 0 Å². The van der Waals surface area contributed by atoms with E-state index in [0.29, 0.717) is 0 Å². The van der Waals surface area contributed by atoms with Crippen LogP contribution in [-0.4, -0.2) is 45.3 Å². The van der Waals surface area contributed by atoms with Crippen molar-refractivity contribution in [1.82, 2.24) is 25.1 Å². The van der Waals surface area contributed by atoms with Crippen LogP contribution in [-0.2, 0) is 13.5 Å². The highest BCUT2D eigenvalue weighted by atomic mass is 15.3. The number of hydrazine groups is 1. The van der Waals surface area contributed by atoms with Crippen LogP contribution in [0.1, 0.15) is 44.3 Å². The second-order valence-electron chi connectivity index (χ2n) is 6.14. The monoisotopic (exact) mass is 280 g/mol. The van der Waals surface area contributed by atoms with Crippen LogP contribution in [0.15, 0.2) is 6.33 Å². The summed E-state index contributed by atoms with van der Waals surface area (Å²) in [6, 6.07) is 0.193. The molecule has 6 nitrogen and oxygen atoms in total. The largest absolute Gasteiger partial charge is 0.302 e. The van der Waals surface area contributed by atoms with E-state index >= 15 is 0 Å². The van der Waals surface area contributed by atoms with E-state index in [4.69, 9.17) is 5.84 Å². The zero-order valence-corrected chi connectivity index (χ0v) is 13.0. The number of aryl methyl sites for hydroxylation is 1. The Hall–Kier alpha value is -0.980. The molecule has 1 aliphatic rings. The number of nitrogens with zero attached hydrogens (tertiary/aromatic N) is 4. The van der Waals surface area contributed by atoms with Gasteiger partial charge in [-0.1, -0.05) is 25.7 Å². The van der Waals surface area contributed by atoms with Crippen molar-refractivity contribution in [2.75, 3.05) is 14.1 Å². The standard InChI is InChI=1S/C14H28N6/c1-19(2)14(8-6-4-5-7-9-14)12(18-15)10-13-16-11-17-20(13)3/h11-12,18H,4-10,15H2,1-3H3. The van der Waals surface area contributed by atoms with E-state index in [0.717, 1.165) is 12.2 Å². The molecule has 1 heterocycles. The van der Waals surface area contributed by atoms with Crippen LogP contribution in [0.2, 0.25) is 0 Å². The zero-order chi connectivity index (χ0) is 14.6. The maximum atomic E-state index is 5.91. The van der Waals surface area contributed by atoms with Crippen LogP contribution in [0.25, 0.3) is 0 Å². The molecule has 0 saturated heterocycles. The number of hydrogen-bond donors (Lipinski definition) is 2. The van der Waals surface area contributed by atoms with Crippen molar-refractivity contribution in [2.24, 2.45) is 12.9 Å². The summed E-state index contributed by atoms with van der Waals surface area (Å²) in [6.07, 6.45) is 10.0. The minimum atomic E-state index is 0.108. The number of rotatable bonds is 5. The summed E-state index contributed by atoms with van der Waals surface area (Å²) in [5, 5.41) is 4.16. The first-order valence-corrected chi connectivity index (χ1v) is 7.56. The lowest BCUT2D eigenvalue weighted by molar-refractivity contribution is 0.0789. The molecule has 20 heavy (non-hydrogen) atoms. The number of nitrogens with two attached hydrogens (primary N) is 1. The summed E-state index contributed by atoms with van der Waals surface area (Å²) in [4.78, 5) is 6.71. The summed E-state index contributed by atoms with van der Waals surface area (Å²) < 4.78 is 1.84. The van der Waals surface area contributed by atoms with Crippen molar-refractivity contribution in [3.8, 4) is 0 Å². The van der Waals surface area contributed by atoms with Crippen LogP contribution in [0.3, 0.4) is 0 Å². The summed E-state index contributed by atoms with van der Waals surface area (Å²) in [7, 11) is 6.28. The lowest BCUT2D eigenvalue weighted by atomic mass is 9.80. The van der Waals surface area contributed by atoms with Crippen molar-refractivity contribution < 1.29 is 0 Å². The van der Waals surface area contributed by atoms with Gasteiger partial charge < -0.3 is 4.90 Å². The van der Waals surface area contributed by atoms with Crippen molar-refractivity contribution >= 4 is 0 Å². The van der Waals surface area contributed by atoms with Gasteiger partial charge in [0.25, 0.3) is 0 Å². The van der Waals surface area contributed by atoms with Crippen molar-refractivity contribution in [1.29, 1.82) is 0 Å². The molecule has 6 heteroatoms. The quantitative estimate of drug-likeness (QED) is 0.475. The summed E-state index contributed by atoms with van der Waals surface area (Å²) in [6.45, 7) is 0. The second-order valence-corrected chi connectivity index (χ2v) is 6.14. The Kier molecular flexibility index (Phi) is 5.12. The van der Waals surface area contributed by atoms with Gasteiger partial charge in [0.05, 0.1) is 0 Å². The first kappa shape index (κ1) is 15.4. The SMILES string of the molecule is CN(C)C1(C(Cc2ncnn2C)NN)CCCCCC1. The highest BCUT2D eigenvalue weighted by Crippen LogP contribution is 2.34. The van der Waals surface area contributed by atoms with E-state index in [-0.39, 0.29) is 11.6 Å². The first-order valence-electron chi connectivity index (χ1n) is 7.56. The summed E-state index contributed by atoms with van der Waals surface area (Å²) in [5.74, 6) is 6.89. The van der Waals surface area contributed by atoms with Crippen LogP contribution in [0.5, 0.6) is 0 Å². The lowest BCUT2D eigenvalue weighted by Crippen LogP contribution is -2.61. The van der Waals surface area contributed by atoms with Gasteiger partial charge in [0.1, 0.15) is 12.2 Å². The third-order valence-corrected chi connectivity index (χ3v) is 4.90. The molecule has 0 radical (unpaired) electrons. The molecule has 1 saturated carbocycles. The minimum Gasteiger partial charge on any atom is -0.302 e. The van der Waals surface area contributed by atoms with Crippen LogP contribution in [0.4, 0.5) is 0 Å². The van der Waals surface area contributed by atoms with E-state index < -0.39 is 0 Å². The van der Waals surface area contributed by atoms with E-state index in [9.17, 15) is 0 Å². The molecular weight excluding hydrogens is 252 g/mol. The molecule has 0 aliphatic heterocycles. The van der Waals surface area contributed by atoms with Crippen molar-refractivity contribution in [2.45, 2.75) is 56.5 Å². The van der Waals surface area contributed by atoms with Gasteiger partial charge in [-0.05, 0) is 26.9 Å². The van der Waals surface area contributed by atoms with Crippen molar-refractivity contribution in [3.05, 3.63) is 12.2 Å². The molecule has 0 aromatic carbocycles. The van der Waals surface area contributed by atoms with Gasteiger partial charge in [0.15, 0.2) is 0 Å². The predicted octanol–water partition coefficient (Wildman–Crippen LogP) is 0.844. The van der Waals surface area contributed by atoms with E-state index in [1.165, 1.54) is 38.5 Å². The molecule has 1 atom stereocenters. The fourth-order valence-electron chi connectivity index (χ4n) is 3.54. The Bertz CT molecular complexity index is 406. The molecule has 1 fully saturated rings.